The fourth-order valence-corrected chi connectivity index (χ4v) is 4.02. The summed E-state index contributed by atoms with van der Waals surface area (Å²) >= 11 is 0. The molecular formula is C19H28N4O2. The second-order valence-corrected chi connectivity index (χ2v) is 7.43. The number of rotatable bonds is 5. The minimum atomic E-state index is 0.197. The maximum Gasteiger partial charge on any atom is 0.231 e. The number of nitrogens with zero attached hydrogens (tertiary/aromatic N) is 4. The lowest BCUT2D eigenvalue weighted by molar-refractivity contribution is 0.0898. The highest BCUT2D eigenvalue weighted by molar-refractivity contribution is 5.99. The van der Waals surface area contributed by atoms with Gasteiger partial charge in [-0.25, -0.2) is 0 Å². The summed E-state index contributed by atoms with van der Waals surface area (Å²) in [5, 5.41) is 3.89. The molecule has 1 aliphatic heterocycles. The molecule has 1 fully saturated rings. The van der Waals surface area contributed by atoms with Crippen molar-refractivity contribution in [2.75, 3.05) is 19.6 Å². The quantitative estimate of drug-likeness (QED) is 0.778. The molecule has 6 nitrogen and oxygen atoms in total. The lowest BCUT2D eigenvalue weighted by atomic mass is 9.97. The highest BCUT2D eigenvalue weighted by Gasteiger charge is 2.27. The van der Waals surface area contributed by atoms with Crippen LogP contribution >= 0.6 is 0 Å². The van der Waals surface area contributed by atoms with Gasteiger partial charge >= 0.3 is 0 Å². The molecular weight excluding hydrogens is 316 g/mol. The van der Waals surface area contributed by atoms with E-state index in [4.69, 9.17) is 4.52 Å². The van der Waals surface area contributed by atoms with Crippen molar-refractivity contribution in [2.24, 2.45) is 0 Å². The summed E-state index contributed by atoms with van der Waals surface area (Å²) in [4.78, 5) is 19.4. The average molecular weight is 344 g/mol. The van der Waals surface area contributed by atoms with Gasteiger partial charge in [0.05, 0.1) is 12.5 Å². The predicted molar refractivity (Wildman–Crippen MR) is 96.1 cm³/mol. The van der Waals surface area contributed by atoms with E-state index in [0.29, 0.717) is 24.3 Å². The van der Waals surface area contributed by atoms with E-state index in [1.165, 1.54) is 0 Å². The number of hydrogen-bond acceptors (Lipinski definition) is 5. The van der Waals surface area contributed by atoms with Crippen molar-refractivity contribution in [3.05, 3.63) is 34.7 Å². The Balaban J connectivity index is 1.70. The normalized spacial score (nSPS) is 18.9. The van der Waals surface area contributed by atoms with Crippen molar-refractivity contribution in [3.63, 3.8) is 0 Å². The van der Waals surface area contributed by atoms with Gasteiger partial charge in [-0.15, -0.1) is 0 Å². The molecule has 25 heavy (non-hydrogen) atoms. The first-order valence-corrected chi connectivity index (χ1v) is 9.11. The Morgan fingerprint density at radius 1 is 1.36 bits per heavy atom. The molecule has 1 atom stereocenters. The second kappa shape index (κ2) is 7.12. The molecule has 0 radical (unpaired) electrons. The molecule has 2 aromatic rings. The van der Waals surface area contributed by atoms with E-state index < -0.39 is 0 Å². The Kier molecular flexibility index (Phi) is 5.08. The SMILES string of the molecule is Cc1noc([C@@H]2CCCN(CC(=O)c3cc(C)n(C(C)C)c3C)C2)n1. The standard InChI is InChI=1S/C19H28N4O2/c1-12(2)23-13(3)9-17(14(23)4)18(24)11-22-8-6-7-16(10-22)19-20-15(5)21-25-19/h9,12,16H,6-8,10-11H2,1-5H3/t16-/m1/s1. The Morgan fingerprint density at radius 2 is 2.12 bits per heavy atom. The van der Waals surface area contributed by atoms with Crippen LogP contribution in [0.1, 0.15) is 72.1 Å². The number of carbonyl (C=O) groups is 1. The zero-order chi connectivity index (χ0) is 18.1. The molecule has 0 unspecified atom stereocenters. The first-order valence-electron chi connectivity index (χ1n) is 9.11. The fourth-order valence-electron chi connectivity index (χ4n) is 4.02. The van der Waals surface area contributed by atoms with Crippen molar-refractivity contribution in [2.45, 2.75) is 59.4 Å². The van der Waals surface area contributed by atoms with Gasteiger partial charge < -0.3 is 9.09 Å². The van der Waals surface area contributed by atoms with Crippen LogP contribution in [-0.2, 0) is 0 Å². The molecule has 0 spiro atoms. The molecule has 0 aromatic carbocycles. The number of aromatic nitrogens is 3. The number of likely N-dealkylation sites (tertiary alicyclic amines) is 1. The maximum absolute atomic E-state index is 12.9. The third-order valence-corrected chi connectivity index (χ3v) is 5.07. The van der Waals surface area contributed by atoms with Crippen molar-refractivity contribution >= 4 is 5.78 Å². The molecule has 0 N–H and O–H groups in total. The largest absolute Gasteiger partial charge is 0.346 e. The van der Waals surface area contributed by atoms with Crippen molar-refractivity contribution < 1.29 is 9.32 Å². The maximum atomic E-state index is 12.9. The predicted octanol–water partition coefficient (Wildman–Crippen LogP) is 3.44. The van der Waals surface area contributed by atoms with Crippen LogP contribution in [-0.4, -0.2) is 45.0 Å². The minimum absolute atomic E-state index is 0.197. The zero-order valence-corrected chi connectivity index (χ0v) is 15.9. The summed E-state index contributed by atoms with van der Waals surface area (Å²) < 4.78 is 7.56. The summed E-state index contributed by atoms with van der Waals surface area (Å²) in [7, 11) is 0. The Labute approximate surface area is 149 Å². The van der Waals surface area contributed by atoms with Gasteiger partial charge in [0.25, 0.3) is 0 Å². The average Bonchev–Trinajstić information content (AvgIpc) is 3.11. The summed E-state index contributed by atoms with van der Waals surface area (Å²) in [6.07, 6.45) is 2.08. The zero-order valence-electron chi connectivity index (χ0n) is 15.9. The second-order valence-electron chi connectivity index (χ2n) is 7.43. The summed E-state index contributed by atoms with van der Waals surface area (Å²) in [6.45, 7) is 12.4. The van der Waals surface area contributed by atoms with Gasteiger partial charge in [-0.05, 0) is 60.1 Å². The van der Waals surface area contributed by atoms with Crippen molar-refractivity contribution in [3.8, 4) is 0 Å². The van der Waals surface area contributed by atoms with E-state index in [0.717, 1.165) is 42.9 Å². The van der Waals surface area contributed by atoms with Crippen molar-refractivity contribution in [1.29, 1.82) is 0 Å². The summed E-state index contributed by atoms with van der Waals surface area (Å²) in [5.74, 6) is 1.80. The molecule has 1 saturated heterocycles. The van der Waals surface area contributed by atoms with Crippen LogP contribution in [0.5, 0.6) is 0 Å². The molecule has 3 heterocycles. The van der Waals surface area contributed by atoms with Gasteiger partial charge in [-0.1, -0.05) is 5.16 Å². The van der Waals surface area contributed by atoms with E-state index in [1.54, 1.807) is 0 Å². The number of carbonyl (C=O) groups excluding carboxylic acids is 1. The van der Waals surface area contributed by atoms with Crippen LogP contribution in [0.15, 0.2) is 10.6 Å². The third-order valence-electron chi connectivity index (χ3n) is 5.07. The van der Waals surface area contributed by atoms with Gasteiger partial charge in [-0.3, -0.25) is 9.69 Å². The van der Waals surface area contributed by atoms with E-state index in [9.17, 15) is 4.79 Å². The Morgan fingerprint density at radius 3 is 2.72 bits per heavy atom. The molecule has 136 valence electrons. The molecule has 0 saturated carbocycles. The van der Waals surface area contributed by atoms with E-state index >= 15 is 0 Å². The molecule has 1 aliphatic rings. The lowest BCUT2D eigenvalue weighted by Crippen LogP contribution is -2.38. The number of ketones is 1. The minimum Gasteiger partial charge on any atom is -0.346 e. The van der Waals surface area contributed by atoms with Crippen LogP contribution in [0.3, 0.4) is 0 Å². The molecule has 2 aromatic heterocycles. The van der Waals surface area contributed by atoms with Crippen molar-refractivity contribution in [1.82, 2.24) is 19.6 Å². The number of Topliss-reactive ketones (excluding diaryl/α,β-unsaturated/α-hetero) is 1. The van der Waals surface area contributed by atoms with Crippen LogP contribution in [0.25, 0.3) is 0 Å². The van der Waals surface area contributed by atoms with Crippen LogP contribution in [0.2, 0.25) is 0 Å². The lowest BCUT2D eigenvalue weighted by Gasteiger charge is -2.30. The third kappa shape index (κ3) is 3.68. The molecule has 6 heteroatoms. The Bertz CT molecular complexity index is 760. The van der Waals surface area contributed by atoms with Crippen LogP contribution in [0.4, 0.5) is 0 Å². The summed E-state index contributed by atoms with van der Waals surface area (Å²) in [5.41, 5.74) is 3.06. The molecule has 3 rings (SSSR count). The number of aryl methyl sites for hydroxylation is 2. The number of piperidine rings is 1. The van der Waals surface area contributed by atoms with Crippen LogP contribution < -0.4 is 0 Å². The highest BCUT2D eigenvalue weighted by Crippen LogP contribution is 2.26. The molecule has 0 amide bonds. The van der Waals surface area contributed by atoms with E-state index in [2.05, 4.69) is 40.4 Å². The monoisotopic (exact) mass is 344 g/mol. The van der Waals surface area contributed by atoms with Gasteiger partial charge in [0.2, 0.25) is 5.89 Å². The number of hydrogen-bond donors (Lipinski definition) is 0. The first kappa shape index (κ1) is 17.9. The van der Waals surface area contributed by atoms with Gasteiger partial charge in [-0.2, -0.15) is 4.98 Å². The van der Waals surface area contributed by atoms with E-state index in [-0.39, 0.29) is 11.7 Å². The topological polar surface area (TPSA) is 64.2 Å². The smallest absolute Gasteiger partial charge is 0.231 e. The highest BCUT2D eigenvalue weighted by atomic mass is 16.5. The van der Waals surface area contributed by atoms with E-state index in [1.807, 2.05) is 19.9 Å². The van der Waals surface area contributed by atoms with Gasteiger partial charge in [0.1, 0.15) is 0 Å². The molecule has 0 bridgehead atoms. The van der Waals surface area contributed by atoms with Gasteiger partial charge in [0, 0.05) is 29.5 Å². The van der Waals surface area contributed by atoms with Gasteiger partial charge in [0.15, 0.2) is 11.6 Å². The fraction of sp³-hybridized carbons (Fsp3) is 0.632. The first-order chi connectivity index (χ1) is 11.9. The van der Waals surface area contributed by atoms with Crippen LogP contribution in [0, 0.1) is 20.8 Å². The Hall–Kier alpha value is -1.95. The summed E-state index contributed by atoms with van der Waals surface area (Å²) in [6, 6.07) is 2.39. The molecule has 0 aliphatic carbocycles.